The van der Waals surface area contributed by atoms with Gasteiger partial charge in [0.1, 0.15) is 0 Å². The molecule has 2 rings (SSSR count). The standard InChI is InChI=1S/C15H26N2OS/c1-3-14(16)15(12-7-9-19-11-12)17(4-2)10-13-6-5-8-18-13/h7,9,11,13-15H,3-6,8,10,16H2,1-2H3. The van der Waals surface area contributed by atoms with Crippen LogP contribution in [0.25, 0.3) is 0 Å². The van der Waals surface area contributed by atoms with Crippen molar-refractivity contribution < 1.29 is 4.74 Å². The fourth-order valence-electron chi connectivity index (χ4n) is 2.88. The van der Waals surface area contributed by atoms with E-state index in [1.807, 2.05) is 0 Å². The molecular weight excluding hydrogens is 256 g/mol. The zero-order valence-electron chi connectivity index (χ0n) is 12.0. The Balaban J connectivity index is 2.09. The molecule has 2 heterocycles. The largest absolute Gasteiger partial charge is 0.377 e. The Morgan fingerprint density at radius 1 is 1.53 bits per heavy atom. The molecule has 0 amide bonds. The molecule has 0 bridgehead atoms. The first-order chi connectivity index (χ1) is 9.26. The van der Waals surface area contributed by atoms with Gasteiger partial charge in [0.15, 0.2) is 0 Å². The SMILES string of the molecule is CCC(N)C(c1ccsc1)N(CC)CC1CCCO1. The monoisotopic (exact) mass is 282 g/mol. The molecule has 4 heteroatoms. The van der Waals surface area contributed by atoms with Crippen LogP contribution < -0.4 is 5.73 Å². The molecule has 1 aliphatic rings. The van der Waals surface area contributed by atoms with Gasteiger partial charge in [0.25, 0.3) is 0 Å². The van der Waals surface area contributed by atoms with Crippen LogP contribution in [0.15, 0.2) is 16.8 Å². The zero-order valence-corrected chi connectivity index (χ0v) is 12.9. The van der Waals surface area contributed by atoms with E-state index in [1.165, 1.54) is 18.4 Å². The fourth-order valence-corrected chi connectivity index (χ4v) is 3.57. The third-order valence-corrected chi connectivity index (χ3v) is 4.72. The summed E-state index contributed by atoms with van der Waals surface area (Å²) in [5.74, 6) is 0. The molecule has 0 aromatic carbocycles. The van der Waals surface area contributed by atoms with Crippen LogP contribution in [-0.4, -0.2) is 36.7 Å². The number of nitrogens with two attached hydrogens (primary N) is 1. The van der Waals surface area contributed by atoms with E-state index in [-0.39, 0.29) is 6.04 Å². The van der Waals surface area contributed by atoms with Gasteiger partial charge >= 0.3 is 0 Å². The summed E-state index contributed by atoms with van der Waals surface area (Å²) in [6, 6.07) is 2.73. The topological polar surface area (TPSA) is 38.5 Å². The highest BCUT2D eigenvalue weighted by molar-refractivity contribution is 7.07. The van der Waals surface area contributed by atoms with Gasteiger partial charge in [0, 0.05) is 19.2 Å². The molecule has 0 aliphatic carbocycles. The molecule has 2 N–H and O–H groups in total. The first-order valence-corrected chi connectivity index (χ1v) is 8.33. The Morgan fingerprint density at radius 2 is 2.37 bits per heavy atom. The predicted octanol–water partition coefficient (Wildman–Crippen LogP) is 3.03. The summed E-state index contributed by atoms with van der Waals surface area (Å²) >= 11 is 1.75. The fraction of sp³-hybridized carbons (Fsp3) is 0.733. The number of nitrogens with zero attached hydrogens (tertiary/aromatic N) is 1. The Bertz CT molecular complexity index is 349. The van der Waals surface area contributed by atoms with E-state index in [9.17, 15) is 0 Å². The van der Waals surface area contributed by atoms with E-state index in [0.29, 0.717) is 12.1 Å². The second-order valence-electron chi connectivity index (χ2n) is 5.30. The molecule has 1 saturated heterocycles. The summed E-state index contributed by atoms with van der Waals surface area (Å²) in [4.78, 5) is 2.49. The highest BCUT2D eigenvalue weighted by atomic mass is 32.1. The smallest absolute Gasteiger partial charge is 0.0703 e. The third-order valence-electron chi connectivity index (χ3n) is 4.02. The van der Waals surface area contributed by atoms with E-state index < -0.39 is 0 Å². The maximum atomic E-state index is 6.38. The van der Waals surface area contributed by atoms with Gasteiger partial charge in [-0.05, 0) is 48.2 Å². The summed E-state index contributed by atoms with van der Waals surface area (Å²) in [7, 11) is 0. The summed E-state index contributed by atoms with van der Waals surface area (Å²) < 4.78 is 5.79. The average Bonchev–Trinajstić information content (AvgIpc) is 3.10. The Labute approximate surface area is 120 Å². The van der Waals surface area contributed by atoms with Crippen molar-refractivity contribution in [3.63, 3.8) is 0 Å². The number of ether oxygens (including phenoxy) is 1. The quantitative estimate of drug-likeness (QED) is 0.835. The minimum Gasteiger partial charge on any atom is -0.377 e. The molecule has 1 aromatic heterocycles. The molecule has 1 aliphatic heterocycles. The molecule has 1 fully saturated rings. The molecule has 3 unspecified atom stereocenters. The molecule has 0 saturated carbocycles. The lowest BCUT2D eigenvalue weighted by Crippen LogP contribution is -2.43. The minimum absolute atomic E-state index is 0.191. The number of thiophene rings is 1. The summed E-state index contributed by atoms with van der Waals surface area (Å²) in [5, 5.41) is 4.38. The molecule has 19 heavy (non-hydrogen) atoms. The first kappa shape index (κ1) is 15.0. The molecule has 0 radical (unpaired) electrons. The average molecular weight is 282 g/mol. The van der Waals surface area contributed by atoms with Crippen LogP contribution in [0.5, 0.6) is 0 Å². The number of hydrogen-bond acceptors (Lipinski definition) is 4. The summed E-state index contributed by atoms with van der Waals surface area (Å²) in [6.07, 6.45) is 3.78. The van der Waals surface area contributed by atoms with E-state index in [2.05, 4.69) is 35.6 Å². The van der Waals surface area contributed by atoms with Gasteiger partial charge in [-0.15, -0.1) is 0 Å². The van der Waals surface area contributed by atoms with Gasteiger partial charge in [-0.2, -0.15) is 11.3 Å². The lowest BCUT2D eigenvalue weighted by molar-refractivity contribution is 0.0532. The van der Waals surface area contributed by atoms with Crippen LogP contribution in [0.2, 0.25) is 0 Å². The zero-order chi connectivity index (χ0) is 13.7. The molecular formula is C15H26N2OS. The minimum atomic E-state index is 0.191. The highest BCUT2D eigenvalue weighted by Crippen LogP contribution is 2.28. The van der Waals surface area contributed by atoms with E-state index >= 15 is 0 Å². The maximum absolute atomic E-state index is 6.38. The van der Waals surface area contributed by atoms with Crippen molar-refractivity contribution in [1.29, 1.82) is 0 Å². The summed E-state index contributed by atoms with van der Waals surface area (Å²) in [6.45, 7) is 7.34. The highest BCUT2D eigenvalue weighted by Gasteiger charge is 2.28. The number of rotatable bonds is 7. The second-order valence-corrected chi connectivity index (χ2v) is 6.08. The van der Waals surface area contributed by atoms with Crippen molar-refractivity contribution >= 4 is 11.3 Å². The number of hydrogen-bond donors (Lipinski definition) is 1. The second kappa shape index (κ2) is 7.39. The van der Waals surface area contributed by atoms with Crippen LogP contribution in [0.4, 0.5) is 0 Å². The first-order valence-electron chi connectivity index (χ1n) is 7.39. The van der Waals surface area contributed by atoms with Crippen molar-refractivity contribution in [2.24, 2.45) is 5.73 Å². The van der Waals surface area contributed by atoms with Crippen LogP contribution in [-0.2, 0) is 4.74 Å². The van der Waals surface area contributed by atoms with Gasteiger partial charge in [0.2, 0.25) is 0 Å². The molecule has 3 atom stereocenters. The van der Waals surface area contributed by atoms with Crippen molar-refractivity contribution in [1.82, 2.24) is 4.90 Å². The van der Waals surface area contributed by atoms with Gasteiger partial charge in [-0.25, -0.2) is 0 Å². The van der Waals surface area contributed by atoms with Gasteiger partial charge in [0.05, 0.1) is 12.1 Å². The van der Waals surface area contributed by atoms with Crippen molar-refractivity contribution in [3.05, 3.63) is 22.4 Å². The molecule has 0 spiro atoms. The van der Waals surface area contributed by atoms with Gasteiger partial charge < -0.3 is 10.5 Å². The van der Waals surface area contributed by atoms with E-state index in [0.717, 1.165) is 26.1 Å². The van der Waals surface area contributed by atoms with E-state index in [4.69, 9.17) is 10.5 Å². The van der Waals surface area contributed by atoms with Crippen molar-refractivity contribution in [2.45, 2.75) is 51.3 Å². The maximum Gasteiger partial charge on any atom is 0.0703 e. The third kappa shape index (κ3) is 3.78. The molecule has 3 nitrogen and oxygen atoms in total. The Kier molecular flexibility index (Phi) is 5.82. The number of likely N-dealkylation sites (N-methyl/N-ethyl adjacent to an activating group) is 1. The van der Waals surface area contributed by atoms with Gasteiger partial charge in [-0.3, -0.25) is 4.90 Å². The predicted molar refractivity (Wildman–Crippen MR) is 81.5 cm³/mol. The van der Waals surface area contributed by atoms with Crippen LogP contribution in [0, 0.1) is 0 Å². The Hall–Kier alpha value is -0.420. The lowest BCUT2D eigenvalue weighted by Gasteiger charge is -2.35. The van der Waals surface area contributed by atoms with E-state index in [1.54, 1.807) is 11.3 Å². The van der Waals surface area contributed by atoms with Crippen molar-refractivity contribution in [3.8, 4) is 0 Å². The van der Waals surface area contributed by atoms with Crippen LogP contribution in [0.3, 0.4) is 0 Å². The Morgan fingerprint density at radius 3 is 2.89 bits per heavy atom. The lowest BCUT2D eigenvalue weighted by atomic mass is 9.98. The molecule has 1 aromatic rings. The normalized spacial score (nSPS) is 22.8. The van der Waals surface area contributed by atoms with Gasteiger partial charge in [-0.1, -0.05) is 13.8 Å². The van der Waals surface area contributed by atoms with Crippen LogP contribution in [0.1, 0.15) is 44.7 Å². The van der Waals surface area contributed by atoms with Crippen molar-refractivity contribution in [2.75, 3.05) is 19.7 Å². The van der Waals surface area contributed by atoms with Crippen LogP contribution >= 0.6 is 11.3 Å². The molecule has 108 valence electrons. The summed E-state index contributed by atoms with van der Waals surface area (Å²) in [5.41, 5.74) is 7.74.